The molecular formula is C10H18O8S2. The summed E-state index contributed by atoms with van der Waals surface area (Å²) in [6, 6.07) is 0. The van der Waals surface area contributed by atoms with Crippen molar-refractivity contribution in [2.24, 2.45) is 5.92 Å². The van der Waals surface area contributed by atoms with Crippen molar-refractivity contribution in [2.75, 3.05) is 11.5 Å². The molecule has 0 aromatic rings. The average molecular weight is 330 g/mol. The van der Waals surface area contributed by atoms with Gasteiger partial charge in [-0.3, -0.25) is 9.11 Å². The van der Waals surface area contributed by atoms with Gasteiger partial charge in [0.1, 0.15) is 0 Å². The van der Waals surface area contributed by atoms with E-state index in [1.54, 1.807) is 0 Å². The predicted octanol–water partition coefficient (Wildman–Crippen LogP) is 0.579. The maximum atomic E-state index is 10.8. The molecule has 10 heteroatoms. The Morgan fingerprint density at radius 1 is 0.950 bits per heavy atom. The first-order valence-electron chi connectivity index (χ1n) is 5.75. The fourth-order valence-electron chi connectivity index (χ4n) is 1.69. The van der Waals surface area contributed by atoms with Crippen molar-refractivity contribution in [1.29, 1.82) is 0 Å². The molecule has 0 bridgehead atoms. The molecule has 0 heterocycles. The molecule has 0 aliphatic carbocycles. The van der Waals surface area contributed by atoms with Crippen molar-refractivity contribution in [2.45, 2.75) is 25.7 Å². The highest BCUT2D eigenvalue weighted by Crippen LogP contribution is 2.22. The van der Waals surface area contributed by atoms with Crippen molar-refractivity contribution < 1.29 is 35.8 Å². The molecule has 118 valence electrons. The number of hydrogen-bond acceptors (Lipinski definition) is 5. The second-order valence-corrected chi connectivity index (χ2v) is 7.53. The van der Waals surface area contributed by atoms with Crippen LogP contribution in [0.15, 0.2) is 12.2 Å². The summed E-state index contributed by atoms with van der Waals surface area (Å²) in [7, 11) is -8.24. The largest absolute Gasteiger partial charge is 0.478 e. The van der Waals surface area contributed by atoms with Crippen LogP contribution in [0.2, 0.25) is 0 Å². The lowest BCUT2D eigenvalue weighted by molar-refractivity contribution is -0.133. The fraction of sp³-hybridized carbons (Fsp3) is 0.700. The highest BCUT2D eigenvalue weighted by Gasteiger charge is 2.20. The van der Waals surface area contributed by atoms with Crippen LogP contribution in [0.4, 0.5) is 0 Å². The zero-order valence-corrected chi connectivity index (χ0v) is 12.4. The molecule has 0 atom stereocenters. The standard InChI is InChI=1S/C10H18O8S2/c1-8(10(11)12)9(4-2-6-19(13,14)15)5-3-7-20(16,17)18/h9H,1-7H2,(H,11,12)(H,13,14,15)(H,16,17,18). The lowest BCUT2D eigenvalue weighted by Crippen LogP contribution is -2.15. The van der Waals surface area contributed by atoms with Gasteiger partial charge in [-0.15, -0.1) is 0 Å². The van der Waals surface area contributed by atoms with Crippen LogP contribution in [0.3, 0.4) is 0 Å². The number of carboxylic acids is 1. The van der Waals surface area contributed by atoms with Gasteiger partial charge in [-0.1, -0.05) is 6.58 Å². The summed E-state index contributed by atoms with van der Waals surface area (Å²) >= 11 is 0. The molecule has 0 saturated heterocycles. The van der Waals surface area contributed by atoms with E-state index in [-0.39, 0.29) is 31.3 Å². The summed E-state index contributed by atoms with van der Waals surface area (Å²) < 4.78 is 59.4. The lowest BCUT2D eigenvalue weighted by Gasteiger charge is -2.16. The van der Waals surface area contributed by atoms with Crippen LogP contribution in [0.5, 0.6) is 0 Å². The Morgan fingerprint density at radius 2 is 1.30 bits per heavy atom. The topological polar surface area (TPSA) is 146 Å². The lowest BCUT2D eigenvalue weighted by atomic mass is 9.91. The van der Waals surface area contributed by atoms with E-state index in [2.05, 4.69) is 6.58 Å². The number of carboxylic acid groups (broad SMARTS) is 1. The molecule has 8 nitrogen and oxygen atoms in total. The van der Waals surface area contributed by atoms with Crippen molar-refractivity contribution in [3.8, 4) is 0 Å². The van der Waals surface area contributed by atoms with Crippen molar-refractivity contribution in [3.05, 3.63) is 12.2 Å². The van der Waals surface area contributed by atoms with Crippen molar-refractivity contribution in [1.82, 2.24) is 0 Å². The second kappa shape index (κ2) is 7.72. The Bertz CT molecular complexity index is 508. The summed E-state index contributed by atoms with van der Waals surface area (Å²) in [5.74, 6) is -2.88. The van der Waals surface area contributed by atoms with Gasteiger partial charge in [0.2, 0.25) is 0 Å². The molecule has 0 aliphatic heterocycles. The first-order valence-corrected chi connectivity index (χ1v) is 8.96. The van der Waals surface area contributed by atoms with Gasteiger partial charge in [0, 0.05) is 5.57 Å². The van der Waals surface area contributed by atoms with Gasteiger partial charge in [-0.25, -0.2) is 4.79 Å². The van der Waals surface area contributed by atoms with Crippen molar-refractivity contribution in [3.63, 3.8) is 0 Å². The van der Waals surface area contributed by atoms with E-state index in [0.717, 1.165) is 0 Å². The number of rotatable bonds is 10. The third kappa shape index (κ3) is 9.89. The number of carbonyl (C=O) groups is 1. The van der Waals surface area contributed by atoms with Gasteiger partial charge in [0.25, 0.3) is 20.2 Å². The molecular weight excluding hydrogens is 312 g/mol. The maximum Gasteiger partial charge on any atom is 0.331 e. The summed E-state index contributed by atoms with van der Waals surface area (Å²) in [4.78, 5) is 10.8. The van der Waals surface area contributed by atoms with E-state index in [4.69, 9.17) is 14.2 Å². The van der Waals surface area contributed by atoms with E-state index in [1.165, 1.54) is 0 Å². The van der Waals surface area contributed by atoms with Gasteiger partial charge in [-0.2, -0.15) is 16.8 Å². The molecule has 0 unspecified atom stereocenters. The Morgan fingerprint density at radius 3 is 1.55 bits per heavy atom. The van der Waals surface area contributed by atoms with Crippen LogP contribution in [-0.4, -0.2) is 48.5 Å². The third-order valence-corrected chi connectivity index (χ3v) is 4.29. The minimum Gasteiger partial charge on any atom is -0.478 e. The molecule has 0 radical (unpaired) electrons. The van der Waals surface area contributed by atoms with Gasteiger partial charge >= 0.3 is 5.97 Å². The van der Waals surface area contributed by atoms with E-state index in [0.29, 0.717) is 0 Å². The normalized spacial score (nSPS) is 12.6. The van der Waals surface area contributed by atoms with Crippen molar-refractivity contribution >= 4 is 26.2 Å². The molecule has 0 fully saturated rings. The van der Waals surface area contributed by atoms with Gasteiger partial charge in [0.15, 0.2) is 0 Å². The van der Waals surface area contributed by atoms with Crippen LogP contribution in [-0.2, 0) is 25.0 Å². The monoisotopic (exact) mass is 330 g/mol. The molecule has 0 aliphatic rings. The van der Waals surface area contributed by atoms with Crippen LogP contribution in [0.25, 0.3) is 0 Å². The smallest absolute Gasteiger partial charge is 0.331 e. The fourth-order valence-corrected chi connectivity index (χ4v) is 2.75. The van der Waals surface area contributed by atoms with Gasteiger partial charge < -0.3 is 5.11 Å². The van der Waals surface area contributed by atoms with Gasteiger partial charge in [-0.05, 0) is 31.6 Å². The molecule has 0 amide bonds. The van der Waals surface area contributed by atoms with Crippen LogP contribution in [0.1, 0.15) is 25.7 Å². The molecule has 0 aromatic carbocycles. The Balaban J connectivity index is 4.50. The highest BCUT2D eigenvalue weighted by atomic mass is 32.2. The van der Waals surface area contributed by atoms with E-state index in [9.17, 15) is 21.6 Å². The first kappa shape index (κ1) is 19.0. The summed E-state index contributed by atoms with van der Waals surface area (Å²) in [6.07, 6.45) is 0.330. The van der Waals surface area contributed by atoms with E-state index < -0.39 is 43.6 Å². The molecule has 0 saturated carbocycles. The first-order chi connectivity index (χ1) is 8.92. The highest BCUT2D eigenvalue weighted by molar-refractivity contribution is 7.86. The Labute approximate surface area is 118 Å². The van der Waals surface area contributed by atoms with Crippen LogP contribution < -0.4 is 0 Å². The van der Waals surface area contributed by atoms with E-state index >= 15 is 0 Å². The average Bonchev–Trinajstić information content (AvgIpc) is 2.22. The summed E-state index contributed by atoms with van der Waals surface area (Å²) in [5, 5.41) is 8.84. The molecule has 0 aromatic heterocycles. The summed E-state index contributed by atoms with van der Waals surface area (Å²) in [6.45, 7) is 3.36. The molecule has 20 heavy (non-hydrogen) atoms. The summed E-state index contributed by atoms with van der Waals surface area (Å²) in [5.41, 5.74) is -0.157. The third-order valence-electron chi connectivity index (χ3n) is 2.68. The maximum absolute atomic E-state index is 10.8. The zero-order chi connectivity index (χ0) is 16.0. The number of hydrogen-bond donors (Lipinski definition) is 3. The van der Waals surface area contributed by atoms with E-state index in [1.807, 2.05) is 0 Å². The molecule has 0 rings (SSSR count). The number of aliphatic carboxylic acids is 1. The molecule has 3 N–H and O–H groups in total. The molecule has 0 spiro atoms. The minimum atomic E-state index is -4.12. The Hall–Kier alpha value is -0.970. The minimum absolute atomic E-state index is 0.0294. The Kier molecular flexibility index (Phi) is 7.34. The SMILES string of the molecule is C=C(C(=O)O)C(CCCS(=O)(=O)O)CCCS(=O)(=O)O. The second-order valence-electron chi connectivity index (χ2n) is 4.38. The van der Waals surface area contributed by atoms with Crippen LogP contribution >= 0.6 is 0 Å². The van der Waals surface area contributed by atoms with Gasteiger partial charge in [0.05, 0.1) is 11.5 Å². The van der Waals surface area contributed by atoms with Crippen LogP contribution in [0, 0.1) is 5.92 Å². The zero-order valence-electron chi connectivity index (χ0n) is 10.7. The predicted molar refractivity (Wildman–Crippen MR) is 71.6 cm³/mol. The quantitative estimate of drug-likeness (QED) is 0.389.